The lowest BCUT2D eigenvalue weighted by Gasteiger charge is -2.69. The summed E-state index contributed by atoms with van der Waals surface area (Å²) in [5.74, 6) is 0.393. The molecule has 5 heterocycles. The van der Waals surface area contributed by atoms with Gasteiger partial charge in [0.1, 0.15) is 42.8 Å². The number of hydrogen-bond acceptors (Lipinski definition) is 10. The number of piperidine rings is 1. The minimum absolute atomic E-state index is 0.0638. The van der Waals surface area contributed by atoms with Crippen molar-refractivity contribution in [2.75, 3.05) is 53.0 Å². The van der Waals surface area contributed by atoms with Gasteiger partial charge in [-0.15, -0.1) is 0 Å². The van der Waals surface area contributed by atoms with Crippen molar-refractivity contribution < 1.29 is 24.2 Å². The molecule has 13 nitrogen and oxygen atoms in total. The molecular weight excluding hydrogens is 763 g/mol. The highest BCUT2D eigenvalue weighted by Crippen LogP contribution is 2.72. The number of nitrogens with two attached hydrogens (primary N) is 1. The van der Waals surface area contributed by atoms with Crippen LogP contribution >= 0.6 is 11.3 Å². The number of morpholine rings is 1. The van der Waals surface area contributed by atoms with Gasteiger partial charge in [-0.1, -0.05) is 37.3 Å². The Bertz CT molecular complexity index is 2290. The van der Waals surface area contributed by atoms with Crippen molar-refractivity contribution >= 4 is 43.9 Å². The van der Waals surface area contributed by atoms with Gasteiger partial charge < -0.3 is 40.1 Å². The smallest absolute Gasteiger partial charge is 0.299 e. The molecule has 0 amide bonds. The lowest BCUT2D eigenvalue weighted by atomic mass is 9.39. The van der Waals surface area contributed by atoms with Gasteiger partial charge in [0.25, 0.3) is 5.95 Å². The lowest BCUT2D eigenvalue weighted by Crippen LogP contribution is -2.65. The third-order valence-corrected chi connectivity index (χ3v) is 15.2. The van der Waals surface area contributed by atoms with Crippen molar-refractivity contribution in [3.8, 4) is 0 Å². The van der Waals surface area contributed by atoms with E-state index in [4.69, 9.17) is 20.3 Å². The molecule has 0 spiro atoms. The van der Waals surface area contributed by atoms with Crippen LogP contribution in [0.4, 0.5) is 5.13 Å². The second-order valence-electron chi connectivity index (χ2n) is 19.5. The van der Waals surface area contributed by atoms with Crippen molar-refractivity contribution in [1.29, 1.82) is 5.41 Å². The molecule has 10 rings (SSSR count). The maximum absolute atomic E-state index is 10.7. The Labute approximate surface area is 351 Å². The number of rotatable bonds is 10. The van der Waals surface area contributed by atoms with Crippen LogP contribution in [0.5, 0.6) is 0 Å². The number of para-hydroxylation sites is 1. The first-order chi connectivity index (χ1) is 28.1. The zero-order valence-electron chi connectivity index (χ0n) is 35.2. The zero-order valence-corrected chi connectivity index (χ0v) is 36.1. The molecule has 2 unspecified atom stereocenters. The van der Waals surface area contributed by atoms with E-state index in [1.54, 1.807) is 0 Å². The summed E-state index contributed by atoms with van der Waals surface area (Å²) < 4.78 is 17.0. The van der Waals surface area contributed by atoms with Crippen LogP contribution in [0.15, 0.2) is 76.2 Å². The maximum Gasteiger partial charge on any atom is 0.299 e. The van der Waals surface area contributed by atoms with Crippen molar-refractivity contribution in [3.63, 3.8) is 0 Å². The van der Waals surface area contributed by atoms with E-state index in [1.807, 2.05) is 54.4 Å². The first-order valence-corrected chi connectivity index (χ1v) is 22.1. The Balaban J connectivity index is 0.943. The number of aliphatic imine (C=N–C) groups is 1. The van der Waals surface area contributed by atoms with Gasteiger partial charge >= 0.3 is 0 Å². The van der Waals surface area contributed by atoms with E-state index >= 15 is 0 Å². The topological polar surface area (TPSA) is 167 Å². The number of likely N-dealkylation sites (N-methyl/N-ethyl adjacent to an activating group) is 1. The van der Waals surface area contributed by atoms with Crippen LogP contribution in [0.1, 0.15) is 83.4 Å². The van der Waals surface area contributed by atoms with Crippen LogP contribution in [0.3, 0.4) is 0 Å². The van der Waals surface area contributed by atoms with E-state index in [0.717, 1.165) is 122 Å². The second kappa shape index (κ2) is 14.6. The number of fused-ring (bicyclic) bond motifs is 1. The van der Waals surface area contributed by atoms with Gasteiger partial charge in [-0.3, -0.25) is 10.1 Å². The summed E-state index contributed by atoms with van der Waals surface area (Å²) in [6.07, 6.45) is 14.0. The molecule has 4 bridgehead atoms. The van der Waals surface area contributed by atoms with Crippen molar-refractivity contribution in [1.82, 2.24) is 25.0 Å². The quantitative estimate of drug-likeness (QED) is 0.0599. The predicted molar refractivity (Wildman–Crippen MR) is 232 cm³/mol. The van der Waals surface area contributed by atoms with Crippen LogP contribution in [-0.2, 0) is 16.0 Å². The first kappa shape index (κ1) is 39.9. The molecule has 2 saturated heterocycles. The summed E-state index contributed by atoms with van der Waals surface area (Å²) in [5, 5.41) is 39.5. The summed E-state index contributed by atoms with van der Waals surface area (Å²) >= 11 is 1.48. The minimum Gasteiger partial charge on any atom is -0.480 e. The van der Waals surface area contributed by atoms with Crippen LogP contribution in [0.2, 0.25) is 0 Å². The highest BCUT2D eigenvalue weighted by molar-refractivity contribution is 7.22. The number of thiazole rings is 1. The molecule has 3 aromatic rings. The number of nitrogens with one attached hydrogen (secondary N) is 2. The third kappa shape index (κ3) is 7.51. The standard InChI is InChI=1S/C45H59N9O4S/c1-29(38(46)51-41-49-34-10-6-7-11-35(34)59-41)31-9-8-14-52(39(31)47)36-13-12-32(37(50-36)40(55)56)33-21-48-53(30(33)2)28-44-23-42(3)22-43(4,24-44)26-45(25-42,27-44)58-20-17-54(5)15-18-57-19-16-54/h6-7,10-13,21H,8-9,14-20,22-28H2,1-5H3,(H5-,46,47,49,50,51,55,56)/p+1/t42-,43+,44?,45?. The van der Waals surface area contributed by atoms with Gasteiger partial charge in [-0.2, -0.15) is 5.10 Å². The summed E-state index contributed by atoms with van der Waals surface area (Å²) in [6, 6.07) is 7.89. The average molecular weight is 823 g/mol. The molecular formula is C45H60N9O4S+. The number of aliphatic hydroxyl groups excluding tert-OH is 1. The summed E-state index contributed by atoms with van der Waals surface area (Å²) in [6.45, 7) is 15.9. The number of dihydropyridines is 1. The zero-order chi connectivity index (χ0) is 41.4. The third-order valence-electron chi connectivity index (χ3n) is 14.3. The van der Waals surface area contributed by atoms with Gasteiger partial charge in [-0.05, 0) is 111 Å². The molecule has 4 saturated carbocycles. The number of allylic oxidation sites excluding steroid dienone is 3. The Morgan fingerprint density at radius 2 is 1.83 bits per heavy atom. The van der Waals surface area contributed by atoms with Gasteiger partial charge in [0.15, 0.2) is 0 Å². The second-order valence-corrected chi connectivity index (χ2v) is 20.6. The molecule has 4 aliphatic carbocycles. The van der Waals surface area contributed by atoms with Crippen LogP contribution in [0.25, 0.3) is 15.8 Å². The fourth-order valence-electron chi connectivity index (χ4n) is 12.5. The number of amidine groups is 2. The molecule has 4 atom stereocenters. The van der Waals surface area contributed by atoms with E-state index in [-0.39, 0.29) is 27.5 Å². The summed E-state index contributed by atoms with van der Waals surface area (Å²) in [5.41, 5.74) is 12.0. The highest BCUT2D eigenvalue weighted by Gasteiger charge is 2.66. The number of aromatic nitrogens is 3. The highest BCUT2D eigenvalue weighted by atomic mass is 32.1. The Kier molecular flexibility index (Phi) is 9.88. The van der Waals surface area contributed by atoms with Crippen LogP contribution in [0, 0.1) is 28.6 Å². The lowest BCUT2D eigenvalue weighted by molar-refractivity contribution is -0.917. The molecule has 1 aromatic carbocycles. The summed E-state index contributed by atoms with van der Waals surface area (Å²) in [7, 11) is 2.34. The molecule has 59 heavy (non-hydrogen) atoms. The fourth-order valence-corrected chi connectivity index (χ4v) is 13.4. The number of aliphatic hydroxyl groups is 2. The molecule has 6 fully saturated rings. The Hall–Kier alpha value is -4.50. The Morgan fingerprint density at radius 3 is 2.56 bits per heavy atom. The molecule has 7 aliphatic rings. The molecule has 3 aliphatic heterocycles. The van der Waals surface area contributed by atoms with E-state index in [0.29, 0.717) is 41.2 Å². The van der Waals surface area contributed by atoms with Gasteiger partial charge in [0, 0.05) is 35.5 Å². The van der Waals surface area contributed by atoms with E-state index in [2.05, 4.69) is 47.8 Å². The molecule has 2 aromatic heterocycles. The number of benzene rings is 1. The van der Waals surface area contributed by atoms with Gasteiger partial charge in [0.05, 0.1) is 48.9 Å². The number of quaternary nitrogens is 1. The maximum atomic E-state index is 10.7. The van der Waals surface area contributed by atoms with Crippen LogP contribution < -0.4 is 11.1 Å². The first-order valence-electron chi connectivity index (χ1n) is 21.2. The number of ether oxygens (including phenoxy) is 2. The molecule has 6 N–H and O–H groups in total. The molecule has 314 valence electrons. The molecule has 14 heteroatoms. The monoisotopic (exact) mass is 822 g/mol. The van der Waals surface area contributed by atoms with E-state index < -0.39 is 5.95 Å². The van der Waals surface area contributed by atoms with Crippen LogP contribution in [-0.4, -0.2) is 105 Å². The van der Waals surface area contributed by atoms with Crippen molar-refractivity contribution in [2.45, 2.75) is 91.2 Å². The number of nitrogens with zero attached hydrogens (tertiary/aromatic N) is 6. The summed E-state index contributed by atoms with van der Waals surface area (Å²) in [4.78, 5) is 11.1. The average Bonchev–Trinajstić information content (AvgIpc) is 3.74. The number of hydrogen-bond donors (Lipinski definition) is 5. The van der Waals surface area contributed by atoms with Gasteiger partial charge in [0.2, 0.25) is 5.13 Å². The minimum atomic E-state index is -0.814. The molecule has 0 radical (unpaired) electrons. The van der Waals surface area contributed by atoms with Gasteiger partial charge in [-0.25, -0.2) is 9.98 Å². The fraction of sp³-hybridized carbons (Fsp3) is 0.556. The Morgan fingerprint density at radius 1 is 1.08 bits per heavy atom. The normalized spacial score (nSPS) is 31.3. The largest absolute Gasteiger partial charge is 0.480 e. The number of likely N-dealkylation sites (tertiary alicyclic amines) is 1. The van der Waals surface area contributed by atoms with Crippen molar-refractivity contribution in [2.24, 2.45) is 27.0 Å². The predicted octanol–water partition coefficient (Wildman–Crippen LogP) is 7.61. The van der Waals surface area contributed by atoms with E-state index in [1.165, 1.54) is 17.8 Å². The SMILES string of the molecule is CC(=C1\CCCN(C2=CC=C(c3cnn(CC45CC6(OCC[N+]7(C)CCOCC7)C[C@](C)(C4)C[C@](C)(C5)C6)c3C)C(=C(O)O)N2)C1=N)/C(N)=N\c1nc2ccccc2s1. The van der Waals surface area contributed by atoms with E-state index in [9.17, 15) is 15.6 Å². The van der Waals surface area contributed by atoms with Crippen molar-refractivity contribution in [3.05, 3.63) is 82.5 Å².